The molecule has 1 N–H and O–H groups in total. The summed E-state index contributed by atoms with van der Waals surface area (Å²) >= 11 is 5.92. The van der Waals surface area contributed by atoms with Crippen molar-refractivity contribution in [2.24, 2.45) is 0 Å². The molecule has 0 unspecified atom stereocenters. The first-order valence-corrected chi connectivity index (χ1v) is 10.3. The first kappa shape index (κ1) is 20.0. The molecule has 8 heteroatoms. The number of hydrogen-bond donors (Lipinski definition) is 1. The van der Waals surface area contributed by atoms with Crippen molar-refractivity contribution in [1.82, 2.24) is 9.62 Å². The molecule has 0 aliphatic carbocycles. The van der Waals surface area contributed by atoms with Crippen molar-refractivity contribution in [2.45, 2.75) is 51.0 Å². The van der Waals surface area contributed by atoms with E-state index >= 15 is 0 Å². The third kappa shape index (κ3) is 6.49. The van der Waals surface area contributed by atoms with Gasteiger partial charge in [-0.05, 0) is 51.3 Å². The highest BCUT2D eigenvalue weighted by molar-refractivity contribution is 7.88. The number of sulfonamides is 1. The van der Waals surface area contributed by atoms with Crippen LogP contribution in [0.2, 0.25) is 5.02 Å². The van der Waals surface area contributed by atoms with Gasteiger partial charge in [0.25, 0.3) is 0 Å². The summed E-state index contributed by atoms with van der Waals surface area (Å²) in [5.41, 5.74) is 0.0617. The van der Waals surface area contributed by atoms with E-state index in [0.717, 1.165) is 6.42 Å². The largest absolute Gasteiger partial charge is 0.444 e. The van der Waals surface area contributed by atoms with Gasteiger partial charge in [0.2, 0.25) is 10.0 Å². The Kier molecular flexibility index (Phi) is 6.35. The Morgan fingerprint density at radius 2 is 2.12 bits per heavy atom. The molecule has 1 amide bonds. The second-order valence-corrected chi connectivity index (χ2v) is 9.63. The van der Waals surface area contributed by atoms with Crippen LogP contribution in [0.15, 0.2) is 24.3 Å². The van der Waals surface area contributed by atoms with Crippen molar-refractivity contribution < 1.29 is 17.9 Å². The molecule has 0 saturated carbocycles. The minimum atomic E-state index is -3.47. The molecular formula is C17H25ClN2O4S. The highest BCUT2D eigenvalue weighted by atomic mass is 35.5. The number of nitrogens with zero attached hydrogens (tertiary/aromatic N) is 1. The molecule has 0 bridgehead atoms. The van der Waals surface area contributed by atoms with Crippen LogP contribution in [0.3, 0.4) is 0 Å². The number of piperidine rings is 1. The van der Waals surface area contributed by atoms with E-state index in [4.69, 9.17) is 16.3 Å². The van der Waals surface area contributed by atoms with E-state index in [9.17, 15) is 13.2 Å². The van der Waals surface area contributed by atoms with E-state index in [0.29, 0.717) is 23.6 Å². The van der Waals surface area contributed by atoms with Crippen LogP contribution in [0.1, 0.15) is 39.2 Å². The summed E-state index contributed by atoms with van der Waals surface area (Å²) < 4.78 is 32.0. The Hall–Kier alpha value is -1.31. The molecule has 1 aromatic rings. The molecule has 6 nitrogen and oxygen atoms in total. The Morgan fingerprint density at radius 3 is 2.76 bits per heavy atom. The number of benzene rings is 1. The summed E-state index contributed by atoms with van der Waals surface area (Å²) in [6.45, 7) is 6.07. The molecule has 1 saturated heterocycles. The minimum Gasteiger partial charge on any atom is -0.444 e. The minimum absolute atomic E-state index is 0.104. The molecule has 1 aliphatic rings. The van der Waals surface area contributed by atoms with E-state index < -0.39 is 21.7 Å². The van der Waals surface area contributed by atoms with Gasteiger partial charge in [0, 0.05) is 24.2 Å². The lowest BCUT2D eigenvalue weighted by Crippen LogP contribution is -2.50. The number of ether oxygens (including phenoxy) is 1. The molecule has 1 aromatic carbocycles. The number of alkyl carbamates (subject to hydrolysis) is 1. The maximum absolute atomic E-state index is 12.7. The van der Waals surface area contributed by atoms with Crippen LogP contribution in [0.5, 0.6) is 0 Å². The predicted molar refractivity (Wildman–Crippen MR) is 98.0 cm³/mol. The Labute approximate surface area is 154 Å². The lowest BCUT2D eigenvalue weighted by atomic mass is 10.1. The van der Waals surface area contributed by atoms with E-state index in [1.165, 1.54) is 4.31 Å². The molecular weight excluding hydrogens is 364 g/mol. The quantitative estimate of drug-likeness (QED) is 0.859. The highest BCUT2D eigenvalue weighted by Gasteiger charge is 2.30. The van der Waals surface area contributed by atoms with Gasteiger partial charge in [-0.1, -0.05) is 23.7 Å². The summed E-state index contributed by atoms with van der Waals surface area (Å²) in [4.78, 5) is 11.9. The Bertz CT molecular complexity index is 716. The number of carbonyl (C=O) groups is 1. The summed E-state index contributed by atoms with van der Waals surface area (Å²) in [7, 11) is -3.47. The van der Waals surface area contributed by atoms with E-state index in [-0.39, 0.29) is 18.3 Å². The molecule has 1 heterocycles. The first-order chi connectivity index (χ1) is 11.5. The average molecular weight is 389 g/mol. The summed E-state index contributed by atoms with van der Waals surface area (Å²) in [5.74, 6) is -0.104. The van der Waals surface area contributed by atoms with Crippen molar-refractivity contribution in [3.8, 4) is 0 Å². The number of rotatable bonds is 4. The number of carbonyl (C=O) groups excluding carboxylic acids is 1. The van der Waals surface area contributed by atoms with Crippen LogP contribution in [0.25, 0.3) is 0 Å². The van der Waals surface area contributed by atoms with Crippen LogP contribution in [-0.4, -0.2) is 43.5 Å². The molecule has 140 valence electrons. The second kappa shape index (κ2) is 7.93. The lowest BCUT2D eigenvalue weighted by molar-refractivity contribution is 0.0487. The molecule has 1 atom stereocenters. The van der Waals surface area contributed by atoms with Gasteiger partial charge in [-0.2, -0.15) is 4.31 Å². The third-order valence-electron chi connectivity index (χ3n) is 3.74. The lowest BCUT2D eigenvalue weighted by Gasteiger charge is -2.32. The van der Waals surface area contributed by atoms with Crippen LogP contribution in [0.4, 0.5) is 4.79 Å². The highest BCUT2D eigenvalue weighted by Crippen LogP contribution is 2.20. The number of hydrogen-bond acceptors (Lipinski definition) is 4. The zero-order valence-corrected chi connectivity index (χ0v) is 16.4. The Morgan fingerprint density at radius 1 is 1.40 bits per heavy atom. The molecule has 0 aromatic heterocycles. The predicted octanol–water partition coefficient (Wildman–Crippen LogP) is 3.16. The summed E-state index contributed by atoms with van der Waals surface area (Å²) in [5, 5.41) is 3.27. The number of nitrogens with one attached hydrogen (secondary N) is 1. The number of amides is 1. The molecule has 0 radical (unpaired) electrons. The first-order valence-electron chi connectivity index (χ1n) is 8.27. The molecule has 2 rings (SSSR count). The van der Waals surface area contributed by atoms with Gasteiger partial charge in [0.05, 0.1) is 5.75 Å². The topological polar surface area (TPSA) is 75.7 Å². The van der Waals surface area contributed by atoms with Gasteiger partial charge < -0.3 is 10.1 Å². The Balaban J connectivity index is 1.98. The average Bonchev–Trinajstić information content (AvgIpc) is 2.45. The van der Waals surface area contributed by atoms with Crippen LogP contribution in [0, 0.1) is 0 Å². The molecule has 1 aliphatic heterocycles. The zero-order chi connectivity index (χ0) is 18.7. The van der Waals surface area contributed by atoms with Crippen molar-refractivity contribution in [1.29, 1.82) is 0 Å². The molecule has 0 spiro atoms. The normalized spacial score (nSPS) is 19.4. The fourth-order valence-electron chi connectivity index (χ4n) is 2.72. The van der Waals surface area contributed by atoms with Crippen molar-refractivity contribution >= 4 is 27.7 Å². The van der Waals surface area contributed by atoms with Crippen LogP contribution < -0.4 is 5.32 Å². The molecule has 1 fully saturated rings. The van der Waals surface area contributed by atoms with E-state index in [2.05, 4.69) is 5.32 Å². The zero-order valence-electron chi connectivity index (χ0n) is 14.8. The van der Waals surface area contributed by atoms with Gasteiger partial charge >= 0.3 is 6.09 Å². The van der Waals surface area contributed by atoms with Gasteiger partial charge in [-0.15, -0.1) is 0 Å². The number of halogens is 1. The summed E-state index contributed by atoms with van der Waals surface area (Å²) in [6.07, 6.45) is 0.893. The van der Waals surface area contributed by atoms with E-state index in [1.54, 1.807) is 45.0 Å². The molecule has 25 heavy (non-hydrogen) atoms. The van der Waals surface area contributed by atoms with Gasteiger partial charge in [0.15, 0.2) is 0 Å². The van der Waals surface area contributed by atoms with Crippen molar-refractivity contribution in [2.75, 3.05) is 13.1 Å². The van der Waals surface area contributed by atoms with Gasteiger partial charge in [0.1, 0.15) is 5.60 Å². The maximum atomic E-state index is 12.7. The fourth-order valence-corrected chi connectivity index (χ4v) is 4.53. The summed E-state index contributed by atoms with van der Waals surface area (Å²) in [6, 6.07) is 6.58. The van der Waals surface area contributed by atoms with Crippen molar-refractivity contribution in [3.05, 3.63) is 34.9 Å². The van der Waals surface area contributed by atoms with Crippen molar-refractivity contribution in [3.63, 3.8) is 0 Å². The van der Waals surface area contributed by atoms with Gasteiger partial charge in [-0.25, -0.2) is 13.2 Å². The second-order valence-electron chi connectivity index (χ2n) is 7.23. The van der Waals surface area contributed by atoms with Crippen LogP contribution in [-0.2, 0) is 20.5 Å². The third-order valence-corrected chi connectivity index (χ3v) is 5.79. The SMILES string of the molecule is CC(C)(C)OC(=O)N[C@H]1CCCN(S(=O)(=O)Cc2cccc(Cl)c2)C1. The standard InChI is InChI=1S/C17H25ClN2O4S/c1-17(2,3)24-16(21)19-15-8-5-9-20(11-15)25(22,23)12-13-6-4-7-14(18)10-13/h4,6-7,10,15H,5,8-9,11-12H2,1-3H3,(H,19,21)/t15-/m0/s1. The smallest absolute Gasteiger partial charge is 0.407 e. The monoisotopic (exact) mass is 388 g/mol. The van der Waals surface area contributed by atoms with E-state index in [1.807, 2.05) is 0 Å². The van der Waals surface area contributed by atoms with Crippen LogP contribution >= 0.6 is 11.6 Å². The fraction of sp³-hybridized carbons (Fsp3) is 0.588. The van der Waals surface area contributed by atoms with Gasteiger partial charge in [-0.3, -0.25) is 0 Å². The maximum Gasteiger partial charge on any atom is 0.407 e.